The molecule has 7 nitrogen and oxygen atoms in total. The van der Waals surface area contributed by atoms with Crippen LogP contribution < -0.4 is 0 Å². The Bertz CT molecular complexity index is 592. The van der Waals surface area contributed by atoms with Crippen LogP contribution in [0.2, 0.25) is 0 Å². The van der Waals surface area contributed by atoms with E-state index in [1.165, 1.54) is 19.3 Å². The van der Waals surface area contributed by atoms with Crippen molar-refractivity contribution in [2.45, 2.75) is 44.6 Å². The molecule has 2 unspecified atom stereocenters. The van der Waals surface area contributed by atoms with Crippen LogP contribution in [0.25, 0.3) is 0 Å². The maximum Gasteiger partial charge on any atom is 0.329 e. The highest BCUT2D eigenvalue weighted by Crippen LogP contribution is 2.42. The highest BCUT2D eigenvalue weighted by molar-refractivity contribution is 5.87. The first-order valence-electron chi connectivity index (χ1n) is 8.26. The Morgan fingerprint density at radius 1 is 1.28 bits per heavy atom. The van der Waals surface area contributed by atoms with Crippen molar-refractivity contribution in [2.24, 2.45) is 0 Å². The lowest BCUT2D eigenvalue weighted by Gasteiger charge is -2.36. The molecule has 1 fully saturated rings. The van der Waals surface area contributed by atoms with Gasteiger partial charge in [0.05, 0.1) is 26.7 Å². The molecule has 2 rings (SSSR count). The molecule has 1 aliphatic heterocycles. The second kappa shape index (κ2) is 8.42. The molecule has 0 radical (unpaired) electrons. The van der Waals surface area contributed by atoms with Crippen LogP contribution in [0.15, 0.2) is 30.3 Å². The molecule has 0 aromatic heterocycles. The van der Waals surface area contributed by atoms with Gasteiger partial charge in [0.1, 0.15) is 0 Å². The van der Waals surface area contributed by atoms with Crippen molar-refractivity contribution < 1.29 is 28.6 Å². The monoisotopic (exact) mass is 351 g/mol. The zero-order valence-corrected chi connectivity index (χ0v) is 15.1. The Balaban J connectivity index is 2.42. The third-order valence-electron chi connectivity index (χ3n) is 4.37. The molecule has 0 aliphatic carbocycles. The number of carbonyl (C=O) groups excluding carboxylic acids is 2. The van der Waals surface area contributed by atoms with E-state index in [1.807, 2.05) is 44.2 Å². The highest BCUT2D eigenvalue weighted by Gasteiger charge is 2.57. The third-order valence-corrected chi connectivity index (χ3v) is 4.37. The van der Waals surface area contributed by atoms with Crippen LogP contribution in [0.4, 0.5) is 0 Å². The minimum absolute atomic E-state index is 0.180. The molecule has 7 heteroatoms. The fourth-order valence-electron chi connectivity index (χ4n) is 3.13. The van der Waals surface area contributed by atoms with Crippen LogP contribution in [0.5, 0.6) is 0 Å². The van der Waals surface area contributed by atoms with Crippen molar-refractivity contribution in [1.82, 2.24) is 5.06 Å². The van der Waals surface area contributed by atoms with Crippen molar-refractivity contribution in [3.05, 3.63) is 35.9 Å². The topological polar surface area (TPSA) is 74.3 Å². The average molecular weight is 351 g/mol. The van der Waals surface area contributed by atoms with Crippen LogP contribution in [-0.4, -0.2) is 49.7 Å². The number of hydroxylamine groups is 2. The second-order valence-electron chi connectivity index (χ2n) is 5.88. The Morgan fingerprint density at radius 3 is 2.52 bits per heavy atom. The maximum absolute atomic E-state index is 12.7. The first-order chi connectivity index (χ1) is 12.0. The first-order valence-corrected chi connectivity index (χ1v) is 8.26. The Morgan fingerprint density at radius 2 is 1.96 bits per heavy atom. The quantitative estimate of drug-likeness (QED) is 0.697. The van der Waals surface area contributed by atoms with Crippen LogP contribution >= 0.6 is 0 Å². The minimum atomic E-state index is -1.31. The van der Waals surface area contributed by atoms with E-state index in [2.05, 4.69) is 0 Å². The molecule has 25 heavy (non-hydrogen) atoms. The van der Waals surface area contributed by atoms with Gasteiger partial charge in [0, 0.05) is 13.0 Å². The SMILES string of the molecule is CCOC1CC(CC(=O)OC)(C(=O)OC)N([C@@H](C)c2ccccc2)O1. The average Bonchev–Trinajstić information content (AvgIpc) is 3.00. The van der Waals surface area contributed by atoms with Gasteiger partial charge in [-0.15, -0.1) is 0 Å². The summed E-state index contributed by atoms with van der Waals surface area (Å²) in [6.45, 7) is 4.17. The molecule has 0 bridgehead atoms. The predicted octanol–water partition coefficient (Wildman–Crippen LogP) is 2.22. The lowest BCUT2D eigenvalue weighted by atomic mass is 9.89. The molecule has 1 aromatic carbocycles. The summed E-state index contributed by atoms with van der Waals surface area (Å²) in [5.41, 5.74) is -0.366. The zero-order chi connectivity index (χ0) is 18.4. The summed E-state index contributed by atoms with van der Waals surface area (Å²) < 4.78 is 15.4. The molecule has 3 atom stereocenters. The van der Waals surface area contributed by atoms with E-state index in [0.717, 1.165) is 5.56 Å². The van der Waals surface area contributed by atoms with E-state index < -0.39 is 23.8 Å². The number of methoxy groups -OCH3 is 2. The van der Waals surface area contributed by atoms with Gasteiger partial charge in [-0.05, 0) is 19.4 Å². The van der Waals surface area contributed by atoms with Gasteiger partial charge in [0.15, 0.2) is 11.8 Å². The van der Waals surface area contributed by atoms with Gasteiger partial charge in [-0.3, -0.25) is 9.63 Å². The number of hydrogen-bond donors (Lipinski definition) is 0. The van der Waals surface area contributed by atoms with Crippen LogP contribution in [0.3, 0.4) is 0 Å². The van der Waals surface area contributed by atoms with E-state index in [4.69, 9.17) is 19.0 Å². The molecule has 138 valence electrons. The molecular formula is C18H25NO6. The lowest BCUT2D eigenvalue weighted by Crippen LogP contribution is -2.53. The standard InChI is InChI=1S/C18H25NO6/c1-5-24-16-12-18(17(21)23-4,11-15(20)22-3)19(25-16)13(2)14-9-7-6-8-10-14/h6-10,13,16H,5,11-12H2,1-4H3/t13-,16?,18?/m0/s1. The smallest absolute Gasteiger partial charge is 0.329 e. The molecular weight excluding hydrogens is 326 g/mol. The second-order valence-corrected chi connectivity index (χ2v) is 5.88. The summed E-state index contributed by atoms with van der Waals surface area (Å²) in [6, 6.07) is 9.29. The molecule has 0 spiro atoms. The molecule has 1 aliphatic rings. The molecule has 0 saturated carbocycles. The van der Waals surface area contributed by atoms with E-state index in [0.29, 0.717) is 6.61 Å². The largest absolute Gasteiger partial charge is 0.469 e. The van der Waals surface area contributed by atoms with Gasteiger partial charge in [-0.1, -0.05) is 30.3 Å². The summed E-state index contributed by atoms with van der Waals surface area (Å²) in [5, 5.41) is 1.52. The highest BCUT2D eigenvalue weighted by atomic mass is 16.8. The molecule has 1 heterocycles. The van der Waals surface area contributed by atoms with Crippen molar-refractivity contribution in [1.29, 1.82) is 0 Å². The lowest BCUT2D eigenvalue weighted by molar-refractivity contribution is -0.268. The van der Waals surface area contributed by atoms with Crippen molar-refractivity contribution in [2.75, 3.05) is 20.8 Å². The Kier molecular flexibility index (Phi) is 6.52. The van der Waals surface area contributed by atoms with Gasteiger partial charge in [0.2, 0.25) is 0 Å². The van der Waals surface area contributed by atoms with Crippen molar-refractivity contribution in [3.63, 3.8) is 0 Å². The zero-order valence-electron chi connectivity index (χ0n) is 15.1. The van der Waals surface area contributed by atoms with Crippen LogP contribution in [0.1, 0.15) is 38.3 Å². The summed E-state index contributed by atoms with van der Waals surface area (Å²) in [4.78, 5) is 30.6. The summed E-state index contributed by atoms with van der Waals surface area (Å²) >= 11 is 0. The molecule has 0 N–H and O–H groups in total. The number of rotatable bonds is 7. The molecule has 1 saturated heterocycles. The summed E-state index contributed by atoms with van der Waals surface area (Å²) in [6.07, 6.45) is -0.642. The summed E-state index contributed by atoms with van der Waals surface area (Å²) in [7, 11) is 2.58. The molecule has 1 aromatic rings. The minimum Gasteiger partial charge on any atom is -0.469 e. The van der Waals surface area contributed by atoms with Gasteiger partial charge in [-0.25, -0.2) is 4.79 Å². The molecule has 0 amide bonds. The third kappa shape index (κ3) is 4.00. The number of hydrogen-bond acceptors (Lipinski definition) is 7. The fourth-order valence-corrected chi connectivity index (χ4v) is 3.13. The van der Waals surface area contributed by atoms with Crippen LogP contribution in [-0.2, 0) is 28.6 Å². The number of ether oxygens (including phenoxy) is 3. The maximum atomic E-state index is 12.7. The number of carbonyl (C=O) groups is 2. The van der Waals surface area contributed by atoms with Gasteiger partial charge in [0.25, 0.3) is 0 Å². The van der Waals surface area contributed by atoms with Gasteiger partial charge < -0.3 is 14.2 Å². The Labute approximate surface area is 147 Å². The number of nitrogens with zero attached hydrogens (tertiary/aromatic N) is 1. The Hall–Kier alpha value is -1.96. The summed E-state index contributed by atoms with van der Waals surface area (Å²) in [5.74, 6) is -1.07. The van der Waals surface area contributed by atoms with E-state index in [1.54, 1.807) is 0 Å². The fraction of sp³-hybridized carbons (Fsp3) is 0.556. The first kappa shape index (κ1) is 19.4. The van der Waals surface area contributed by atoms with Gasteiger partial charge >= 0.3 is 11.9 Å². The van der Waals surface area contributed by atoms with Crippen LogP contribution in [0, 0.1) is 0 Å². The predicted molar refractivity (Wildman–Crippen MR) is 89.2 cm³/mol. The number of esters is 2. The normalized spacial score (nSPS) is 24.7. The van der Waals surface area contributed by atoms with E-state index in [9.17, 15) is 9.59 Å². The van der Waals surface area contributed by atoms with Crippen molar-refractivity contribution in [3.8, 4) is 0 Å². The van der Waals surface area contributed by atoms with Crippen molar-refractivity contribution >= 4 is 11.9 Å². The van der Waals surface area contributed by atoms with E-state index in [-0.39, 0.29) is 18.9 Å². The van der Waals surface area contributed by atoms with E-state index >= 15 is 0 Å². The number of benzene rings is 1. The van der Waals surface area contributed by atoms with Gasteiger partial charge in [-0.2, -0.15) is 5.06 Å².